The highest BCUT2D eigenvalue weighted by Gasteiger charge is 2.45. The molecule has 1 unspecified atom stereocenters. The third-order valence-corrected chi connectivity index (χ3v) is 13.1. The monoisotopic (exact) mass is 1180 g/mol. The quantitative estimate of drug-likeness (QED) is 0.00746. The SMILES string of the molecule is CSCC[C@H](NC=O)C(=O)N[C@@H](CCCN=C(N)N)C(=O)N[C@H](C(=O)NCC(=O)N[C@@H](CC(N)=O)C(=O)N[C@@H](C)C(=O)N[C@@H](CC(=O)NCCCOP(=O)(O)OC[C@H]1O[C@@H](n2cnc3ncncc32)[C@H](O)[C@@H]1O)C(=O)O)[C@@H](C)ON. The third-order valence-electron chi connectivity index (χ3n) is 11.4. The van der Waals surface area contributed by atoms with E-state index in [-0.39, 0.29) is 50.4 Å². The van der Waals surface area contributed by atoms with Crippen molar-refractivity contribution in [3.8, 4) is 0 Å². The number of carbonyl (C=O) groups is 10. The van der Waals surface area contributed by atoms with Gasteiger partial charge in [0.15, 0.2) is 17.8 Å². The largest absolute Gasteiger partial charge is 0.480 e. The summed E-state index contributed by atoms with van der Waals surface area (Å²) in [5.74, 6) is -4.22. The first-order valence-corrected chi connectivity index (χ1v) is 27.1. The molecule has 0 aromatic carbocycles. The van der Waals surface area contributed by atoms with E-state index in [9.17, 15) is 72.7 Å². The van der Waals surface area contributed by atoms with E-state index in [0.29, 0.717) is 17.7 Å². The number of nitrogens with two attached hydrogens (primary N) is 4. The number of fused-ring (bicyclic) bond motifs is 1. The molecule has 12 atom stereocenters. The van der Waals surface area contributed by atoms with Crippen LogP contribution >= 0.6 is 19.6 Å². The average Bonchev–Trinajstić information content (AvgIpc) is 3.95. The minimum atomic E-state index is -4.78. The third kappa shape index (κ3) is 22.1. The minimum Gasteiger partial charge on any atom is -0.480 e. The molecule has 38 heteroatoms. The molecule has 1 fully saturated rings. The van der Waals surface area contributed by atoms with E-state index in [0.717, 1.165) is 6.92 Å². The van der Waals surface area contributed by atoms with Gasteiger partial charge in [0, 0.05) is 13.1 Å². The smallest absolute Gasteiger partial charge is 0.472 e. The summed E-state index contributed by atoms with van der Waals surface area (Å²) >= 11 is 1.40. The van der Waals surface area contributed by atoms with Crippen molar-refractivity contribution in [2.75, 3.05) is 44.9 Å². The van der Waals surface area contributed by atoms with Crippen LogP contribution in [0.3, 0.4) is 0 Å². The van der Waals surface area contributed by atoms with Crippen LogP contribution in [-0.2, 0) is 71.1 Å². The number of nitrogens with one attached hydrogen (secondary N) is 8. The topological polar surface area (TPSA) is 562 Å². The van der Waals surface area contributed by atoms with Crippen LogP contribution in [0, 0.1) is 0 Å². The fraction of sp³-hybridized carbons (Fsp3) is 0.619. The first-order chi connectivity index (χ1) is 37.8. The normalized spacial score (nSPS) is 19.2. The Hall–Kier alpha value is -7.22. The maximum absolute atomic E-state index is 13.6. The van der Waals surface area contributed by atoms with Gasteiger partial charge >= 0.3 is 13.8 Å². The van der Waals surface area contributed by atoms with Gasteiger partial charge in [-0.05, 0) is 51.5 Å². The predicted octanol–water partition coefficient (Wildman–Crippen LogP) is -7.80. The molecule has 446 valence electrons. The Morgan fingerprint density at radius 1 is 0.850 bits per heavy atom. The number of phosphoric ester groups is 1. The van der Waals surface area contributed by atoms with E-state index in [1.807, 2.05) is 0 Å². The molecule has 1 saturated heterocycles. The van der Waals surface area contributed by atoms with Gasteiger partial charge < -0.3 is 84.7 Å². The van der Waals surface area contributed by atoms with E-state index in [2.05, 4.69) is 62.5 Å². The molecule has 20 N–H and O–H groups in total. The number of phosphoric acid groups is 1. The van der Waals surface area contributed by atoms with Gasteiger partial charge in [-0.2, -0.15) is 11.8 Å². The number of aliphatic hydroxyl groups excluding tert-OH is 2. The molecule has 0 saturated carbocycles. The number of rotatable bonds is 37. The number of aromatic nitrogens is 4. The zero-order chi connectivity index (χ0) is 59.7. The number of nitrogens with zero attached hydrogens (tertiary/aromatic N) is 5. The molecule has 0 radical (unpaired) electrons. The van der Waals surface area contributed by atoms with Gasteiger partial charge in [-0.25, -0.2) is 30.2 Å². The second-order valence-electron chi connectivity index (χ2n) is 17.5. The highest BCUT2D eigenvalue weighted by atomic mass is 32.2. The van der Waals surface area contributed by atoms with Crippen LogP contribution in [0.25, 0.3) is 11.2 Å². The number of aliphatic carboxylic acids is 1. The van der Waals surface area contributed by atoms with Crippen molar-refractivity contribution in [1.82, 2.24) is 62.1 Å². The number of guanidine groups is 1. The van der Waals surface area contributed by atoms with Crippen molar-refractivity contribution in [3.63, 3.8) is 0 Å². The molecule has 0 bridgehead atoms. The van der Waals surface area contributed by atoms with Gasteiger partial charge in [-0.1, -0.05) is 0 Å². The van der Waals surface area contributed by atoms with Crippen LogP contribution in [0.4, 0.5) is 0 Å². The summed E-state index contributed by atoms with van der Waals surface area (Å²) in [4.78, 5) is 158. The standard InChI is InChI=1S/C42H68N17O19PS/c1-20(35(66)57-25(41(71)72)13-29(62)48-9-5-10-75-79(73,74)76-16-27-32(64)33(65)40(77-27)59-18-52-34-26(59)14-47-17-51-34)54-38(69)24(12-28(43)61)55-30(63)15-50-39(70)31(21(2)78-46)58-37(68)23(6-4-8-49-42(44)45)56-36(67)22(53-19-60)7-11-80-3/h14,17-25,27,31-33,40,64-65H,4-13,15-16,46H2,1-3H3,(H2,43,61)(H,48,62)(H,50,70)(H,53,60)(H,54,69)(H,55,63)(H,56,67)(H,57,66)(H,58,68)(H,71,72)(H,73,74)(H4,44,45,49)/t20-,21+,22-,23-,24-,25-,27+,31-,32+,33+,40+/m0/s1. The summed E-state index contributed by atoms with van der Waals surface area (Å²) in [6.45, 7) is 0.135. The minimum absolute atomic E-state index is 0.0486. The number of aliphatic imine (C=N–C) groups is 1. The van der Waals surface area contributed by atoms with E-state index >= 15 is 0 Å². The Morgan fingerprint density at radius 3 is 2.19 bits per heavy atom. The van der Waals surface area contributed by atoms with Gasteiger partial charge in [-0.15, -0.1) is 0 Å². The van der Waals surface area contributed by atoms with Gasteiger partial charge in [0.05, 0.1) is 45.1 Å². The Kier molecular flexibility index (Phi) is 28.0. The zero-order valence-electron chi connectivity index (χ0n) is 43.5. The second kappa shape index (κ2) is 33.4. The molecule has 3 heterocycles. The number of hydrogen-bond acceptors (Lipinski definition) is 23. The summed E-state index contributed by atoms with van der Waals surface area (Å²) < 4.78 is 29.4. The fourth-order valence-corrected chi connectivity index (χ4v) is 8.45. The maximum Gasteiger partial charge on any atom is 0.472 e. The molecule has 3 rings (SSSR count). The summed E-state index contributed by atoms with van der Waals surface area (Å²) in [6.07, 6.45) is -2.20. The highest BCUT2D eigenvalue weighted by molar-refractivity contribution is 7.98. The molecule has 2 aromatic heterocycles. The zero-order valence-corrected chi connectivity index (χ0v) is 45.2. The number of imidazole rings is 1. The molecule has 0 spiro atoms. The van der Waals surface area contributed by atoms with Gasteiger partial charge in [0.2, 0.25) is 53.7 Å². The molecule has 1 aliphatic rings. The van der Waals surface area contributed by atoms with Crippen LogP contribution in [0.2, 0.25) is 0 Å². The number of carboxylic acids is 1. The average molecular weight is 1180 g/mol. The van der Waals surface area contributed by atoms with Gasteiger partial charge in [-0.3, -0.25) is 66.6 Å². The van der Waals surface area contributed by atoms with Crippen molar-refractivity contribution in [3.05, 3.63) is 18.9 Å². The van der Waals surface area contributed by atoms with Crippen LogP contribution < -0.4 is 65.6 Å². The Labute approximate surface area is 459 Å². The Bertz CT molecular complexity index is 2550. The molecule has 36 nitrogen and oxygen atoms in total. The Morgan fingerprint density at radius 2 is 1.54 bits per heavy atom. The van der Waals surface area contributed by atoms with Crippen molar-refractivity contribution in [2.45, 2.75) is 119 Å². The number of ether oxygens (including phenoxy) is 1. The van der Waals surface area contributed by atoms with Crippen LogP contribution in [0.5, 0.6) is 0 Å². The van der Waals surface area contributed by atoms with E-state index in [4.69, 9.17) is 41.7 Å². The second-order valence-corrected chi connectivity index (χ2v) is 20.0. The van der Waals surface area contributed by atoms with Crippen molar-refractivity contribution < 1.29 is 91.3 Å². The number of primary amides is 1. The molecular weight excluding hydrogens is 1110 g/mol. The van der Waals surface area contributed by atoms with Crippen molar-refractivity contribution in [2.24, 2.45) is 28.1 Å². The number of amides is 9. The molecule has 1 aliphatic heterocycles. The summed E-state index contributed by atoms with van der Waals surface area (Å²) in [5, 5.41) is 49.1. The first kappa shape index (κ1) is 67.1. The molecular formula is C42H68N17O19PS. The van der Waals surface area contributed by atoms with Crippen molar-refractivity contribution >= 4 is 96.3 Å². The lowest BCUT2D eigenvalue weighted by Gasteiger charge is -2.27. The van der Waals surface area contributed by atoms with Gasteiger partial charge in [0.1, 0.15) is 72.5 Å². The highest BCUT2D eigenvalue weighted by Crippen LogP contribution is 2.44. The molecule has 9 amide bonds. The maximum atomic E-state index is 13.6. The van der Waals surface area contributed by atoms with Crippen LogP contribution in [0.1, 0.15) is 58.6 Å². The lowest BCUT2D eigenvalue weighted by atomic mass is 10.1. The molecule has 0 aliphatic carbocycles. The Balaban J connectivity index is 1.49. The van der Waals surface area contributed by atoms with E-state index < -0.39 is 161 Å². The predicted molar refractivity (Wildman–Crippen MR) is 276 cm³/mol. The summed E-state index contributed by atoms with van der Waals surface area (Å²) in [6, 6.07) is -9.18. The first-order valence-electron chi connectivity index (χ1n) is 24.2. The fourth-order valence-electron chi connectivity index (χ4n) is 7.21. The lowest BCUT2D eigenvalue weighted by molar-refractivity contribution is -0.144. The molecule has 80 heavy (non-hydrogen) atoms. The van der Waals surface area contributed by atoms with Gasteiger partial charge in [0.25, 0.3) is 0 Å². The van der Waals surface area contributed by atoms with Crippen molar-refractivity contribution in [1.29, 1.82) is 0 Å². The van der Waals surface area contributed by atoms with Crippen LogP contribution in [0.15, 0.2) is 23.8 Å². The van der Waals surface area contributed by atoms with E-state index in [1.54, 1.807) is 6.26 Å². The number of carbonyl (C=O) groups excluding carboxylic acids is 9. The summed E-state index contributed by atoms with van der Waals surface area (Å²) in [7, 11) is -4.78. The van der Waals surface area contributed by atoms with Crippen LogP contribution in [-0.4, -0.2) is 211 Å². The number of aliphatic hydroxyl groups is 2. The number of thioether (sulfide) groups is 1. The lowest BCUT2D eigenvalue weighted by Crippen LogP contribution is -2.60. The number of carboxylic acid groups (broad SMARTS) is 1. The summed E-state index contributed by atoms with van der Waals surface area (Å²) in [5.41, 5.74) is 16.7. The van der Waals surface area contributed by atoms with E-state index in [1.165, 1.54) is 42.1 Å². The number of hydrogen-bond donors (Lipinski definition) is 16. The molecule has 2 aromatic rings.